The summed E-state index contributed by atoms with van der Waals surface area (Å²) in [7, 11) is 0. The molecule has 1 N–H and O–H groups in total. The molecule has 0 saturated heterocycles. The minimum atomic E-state index is -0.286. The monoisotopic (exact) mass is 244 g/mol. The summed E-state index contributed by atoms with van der Waals surface area (Å²) in [6, 6.07) is 7.84. The van der Waals surface area contributed by atoms with Crippen LogP contribution in [-0.4, -0.2) is 10.8 Å². The van der Waals surface area contributed by atoms with Gasteiger partial charge in [0.25, 0.3) is 0 Å². The number of benzene rings is 1. The van der Waals surface area contributed by atoms with Gasteiger partial charge in [0.05, 0.1) is 5.56 Å². The van der Waals surface area contributed by atoms with E-state index in [1.165, 1.54) is 19.1 Å². The van der Waals surface area contributed by atoms with Crippen molar-refractivity contribution >= 4 is 17.3 Å². The molecule has 0 saturated carbocycles. The predicted molar refractivity (Wildman–Crippen MR) is 68.7 cm³/mol. The number of ketones is 1. The Balaban J connectivity index is 2.37. The third-order valence-corrected chi connectivity index (χ3v) is 2.63. The number of carbonyl (C=O) groups is 1. The summed E-state index contributed by atoms with van der Waals surface area (Å²) < 4.78 is 13.0. The van der Waals surface area contributed by atoms with Crippen LogP contribution in [0.5, 0.6) is 0 Å². The van der Waals surface area contributed by atoms with Gasteiger partial charge < -0.3 is 5.32 Å². The molecule has 4 heteroatoms. The summed E-state index contributed by atoms with van der Waals surface area (Å²) in [5.74, 6) is 0.135. The number of pyridine rings is 1. The summed E-state index contributed by atoms with van der Waals surface area (Å²) in [5.41, 5.74) is 2.01. The maximum Gasteiger partial charge on any atom is 0.163 e. The highest BCUT2D eigenvalue weighted by atomic mass is 19.1. The van der Waals surface area contributed by atoms with Gasteiger partial charge in [0.2, 0.25) is 0 Å². The van der Waals surface area contributed by atoms with Crippen LogP contribution in [0.2, 0.25) is 0 Å². The van der Waals surface area contributed by atoms with Gasteiger partial charge in [-0.25, -0.2) is 9.37 Å². The van der Waals surface area contributed by atoms with Crippen LogP contribution < -0.4 is 5.32 Å². The van der Waals surface area contributed by atoms with Crippen LogP contribution in [0.1, 0.15) is 22.8 Å². The average Bonchev–Trinajstić information content (AvgIpc) is 2.33. The molecule has 0 unspecified atom stereocenters. The molecular weight excluding hydrogens is 231 g/mol. The van der Waals surface area contributed by atoms with Gasteiger partial charge in [-0.1, -0.05) is 0 Å². The topological polar surface area (TPSA) is 42.0 Å². The second kappa shape index (κ2) is 4.96. The fourth-order valence-corrected chi connectivity index (χ4v) is 1.68. The average molecular weight is 244 g/mol. The largest absolute Gasteiger partial charge is 0.339 e. The highest BCUT2D eigenvalue weighted by molar-refractivity contribution is 5.99. The Hall–Kier alpha value is -2.23. The number of Topliss-reactive ketones (excluding diaryl/α,β-unsaturated/α-hetero) is 1. The van der Waals surface area contributed by atoms with Crippen LogP contribution >= 0.6 is 0 Å². The zero-order valence-corrected chi connectivity index (χ0v) is 10.2. The summed E-state index contributed by atoms with van der Waals surface area (Å²) in [4.78, 5) is 15.6. The van der Waals surface area contributed by atoms with Crippen molar-refractivity contribution < 1.29 is 9.18 Å². The molecule has 92 valence electrons. The normalized spacial score (nSPS) is 10.2. The molecule has 2 rings (SSSR count). The molecule has 0 aliphatic heterocycles. The molecule has 18 heavy (non-hydrogen) atoms. The fraction of sp³-hybridized carbons (Fsp3) is 0.143. The minimum absolute atomic E-state index is 0.0645. The number of nitrogens with zero attached hydrogens (tertiary/aromatic N) is 1. The lowest BCUT2D eigenvalue weighted by Gasteiger charge is -2.11. The number of rotatable bonds is 3. The Kier molecular flexibility index (Phi) is 3.37. The molecule has 1 aromatic carbocycles. The Labute approximate surface area is 105 Å². The third-order valence-electron chi connectivity index (χ3n) is 2.63. The van der Waals surface area contributed by atoms with Gasteiger partial charge in [-0.3, -0.25) is 4.79 Å². The molecule has 0 spiro atoms. The highest BCUT2D eigenvalue weighted by Crippen LogP contribution is 2.22. The number of hydrogen-bond donors (Lipinski definition) is 1. The summed E-state index contributed by atoms with van der Waals surface area (Å²) in [5, 5.41) is 3.05. The van der Waals surface area contributed by atoms with Crippen molar-refractivity contribution in [1.82, 2.24) is 4.98 Å². The van der Waals surface area contributed by atoms with Crippen LogP contribution in [0.15, 0.2) is 36.5 Å². The molecule has 0 radical (unpaired) electrons. The third kappa shape index (κ3) is 2.53. The quantitative estimate of drug-likeness (QED) is 0.840. The maximum atomic E-state index is 13.0. The van der Waals surface area contributed by atoms with Crippen LogP contribution in [-0.2, 0) is 0 Å². The number of halogens is 1. The van der Waals surface area contributed by atoms with E-state index in [-0.39, 0.29) is 11.6 Å². The van der Waals surface area contributed by atoms with Crippen molar-refractivity contribution in [2.24, 2.45) is 0 Å². The molecule has 0 amide bonds. The molecule has 2 aromatic rings. The van der Waals surface area contributed by atoms with Gasteiger partial charge >= 0.3 is 0 Å². The molecule has 1 heterocycles. The second-order valence-electron chi connectivity index (χ2n) is 4.04. The Morgan fingerprint density at radius 3 is 2.78 bits per heavy atom. The van der Waals surface area contributed by atoms with E-state index in [2.05, 4.69) is 10.3 Å². The van der Waals surface area contributed by atoms with Gasteiger partial charge in [0, 0.05) is 11.9 Å². The smallest absolute Gasteiger partial charge is 0.163 e. The molecule has 0 bridgehead atoms. The molecule has 0 atom stereocenters. The van der Waals surface area contributed by atoms with Crippen molar-refractivity contribution in [2.45, 2.75) is 13.8 Å². The van der Waals surface area contributed by atoms with E-state index in [1.807, 2.05) is 0 Å². The lowest BCUT2D eigenvalue weighted by atomic mass is 10.1. The van der Waals surface area contributed by atoms with Crippen LogP contribution in [0.4, 0.5) is 15.9 Å². The van der Waals surface area contributed by atoms with Gasteiger partial charge in [0.15, 0.2) is 5.78 Å². The molecule has 0 aliphatic rings. The van der Waals surface area contributed by atoms with Crippen molar-refractivity contribution in [3.8, 4) is 0 Å². The zero-order valence-electron chi connectivity index (χ0n) is 10.2. The number of aromatic nitrogens is 1. The number of nitrogens with one attached hydrogen (secondary N) is 1. The second-order valence-corrected chi connectivity index (χ2v) is 4.04. The number of anilines is 2. The first kappa shape index (κ1) is 12.2. The first-order valence-corrected chi connectivity index (χ1v) is 5.57. The standard InChI is InChI=1S/C14H13FN2O/c1-9-8-11(15)5-6-13(9)17-14-12(10(2)18)4-3-7-16-14/h3-8H,1-2H3,(H,16,17). The Morgan fingerprint density at radius 1 is 1.33 bits per heavy atom. The Bertz CT molecular complexity index is 596. The van der Waals surface area contributed by atoms with Crippen LogP contribution in [0.3, 0.4) is 0 Å². The predicted octanol–water partition coefficient (Wildman–Crippen LogP) is 3.48. The van der Waals surface area contributed by atoms with Crippen molar-refractivity contribution in [3.05, 3.63) is 53.5 Å². The lowest BCUT2D eigenvalue weighted by molar-refractivity contribution is 0.101. The molecular formula is C14H13FN2O. The molecule has 0 fully saturated rings. The van der Waals surface area contributed by atoms with Gasteiger partial charge in [-0.2, -0.15) is 0 Å². The van der Waals surface area contributed by atoms with Gasteiger partial charge in [0.1, 0.15) is 11.6 Å². The van der Waals surface area contributed by atoms with E-state index in [0.29, 0.717) is 11.4 Å². The number of aryl methyl sites for hydroxylation is 1. The first-order valence-electron chi connectivity index (χ1n) is 5.57. The number of hydrogen-bond acceptors (Lipinski definition) is 3. The van der Waals surface area contributed by atoms with E-state index in [9.17, 15) is 9.18 Å². The molecule has 1 aromatic heterocycles. The number of carbonyl (C=O) groups excluding carboxylic acids is 1. The minimum Gasteiger partial charge on any atom is -0.339 e. The Morgan fingerprint density at radius 2 is 2.11 bits per heavy atom. The summed E-state index contributed by atoms with van der Waals surface area (Å²) in [6.07, 6.45) is 1.60. The van der Waals surface area contributed by atoms with Crippen molar-refractivity contribution in [2.75, 3.05) is 5.32 Å². The van der Waals surface area contributed by atoms with Crippen molar-refractivity contribution in [3.63, 3.8) is 0 Å². The summed E-state index contributed by atoms with van der Waals surface area (Å²) >= 11 is 0. The van der Waals surface area contributed by atoms with Crippen LogP contribution in [0, 0.1) is 12.7 Å². The van der Waals surface area contributed by atoms with E-state index in [0.717, 1.165) is 11.3 Å². The van der Waals surface area contributed by atoms with Crippen LogP contribution in [0.25, 0.3) is 0 Å². The highest BCUT2D eigenvalue weighted by Gasteiger charge is 2.09. The van der Waals surface area contributed by atoms with E-state index >= 15 is 0 Å². The first-order chi connectivity index (χ1) is 8.58. The summed E-state index contributed by atoms with van der Waals surface area (Å²) in [6.45, 7) is 3.28. The molecule has 0 aliphatic carbocycles. The fourth-order valence-electron chi connectivity index (χ4n) is 1.68. The van der Waals surface area contributed by atoms with E-state index in [1.54, 1.807) is 31.3 Å². The maximum absolute atomic E-state index is 13.0. The zero-order chi connectivity index (χ0) is 13.1. The lowest BCUT2D eigenvalue weighted by Crippen LogP contribution is -2.03. The molecule has 3 nitrogen and oxygen atoms in total. The van der Waals surface area contributed by atoms with Gasteiger partial charge in [-0.15, -0.1) is 0 Å². The van der Waals surface area contributed by atoms with E-state index < -0.39 is 0 Å². The van der Waals surface area contributed by atoms with Gasteiger partial charge in [-0.05, 0) is 49.7 Å². The van der Waals surface area contributed by atoms with Crippen molar-refractivity contribution in [1.29, 1.82) is 0 Å². The van der Waals surface area contributed by atoms with E-state index in [4.69, 9.17) is 0 Å². The SMILES string of the molecule is CC(=O)c1cccnc1Nc1ccc(F)cc1C.